The predicted molar refractivity (Wildman–Crippen MR) is 258 cm³/mol. The third kappa shape index (κ3) is 12.3. The third-order valence-electron chi connectivity index (χ3n) is 12.6. The number of aromatic hydroxyl groups is 1. The van der Waals surface area contributed by atoms with E-state index in [1.54, 1.807) is 42.4 Å². The summed E-state index contributed by atoms with van der Waals surface area (Å²) in [4.78, 5) is 60.7. The first-order valence-corrected chi connectivity index (χ1v) is 23.3. The highest BCUT2D eigenvalue weighted by atomic mass is 16.5. The molecule has 2 fully saturated rings. The van der Waals surface area contributed by atoms with Crippen molar-refractivity contribution >= 4 is 46.4 Å². The second kappa shape index (κ2) is 22.7. The summed E-state index contributed by atoms with van der Waals surface area (Å²) in [5.74, 6) is -1.55. The van der Waals surface area contributed by atoms with Gasteiger partial charge in [0.25, 0.3) is 5.91 Å². The zero-order chi connectivity index (χ0) is 47.6. The average molecular weight is 896 g/mol. The highest BCUT2D eigenvalue weighted by Gasteiger charge is 2.37. The number of hydrogen-bond donors (Lipinski definition) is 4. The predicted octanol–water partition coefficient (Wildman–Crippen LogP) is 6.83. The molecular weight excluding hydrogens is 823 g/mol. The van der Waals surface area contributed by atoms with E-state index >= 15 is 0 Å². The summed E-state index contributed by atoms with van der Waals surface area (Å²) >= 11 is 0. The normalized spacial score (nSPS) is 17.7. The number of likely N-dealkylation sites (N-methyl/N-ethyl adjacent to an activating group) is 1. The molecule has 3 amide bonds. The number of allylic oxidation sites excluding steroid dienone is 2. The summed E-state index contributed by atoms with van der Waals surface area (Å²) in [5.41, 5.74) is 9.45. The standard InChI is InChI=1S/C51H73N7O7/c1-12-40(45(53-13-2)33(6)64-11)47-42(29-51(8,9)31-65-34(7)59)41-28-36(19-20-44(41)57(47)14-3)38-24-35(25-39(60)27-38)26-43(50(63)58-23-16-15-22-54-58)55-48(61)46(32(4)5)56(10)49(62)37-18-17-21-52-30-37/h12-13,19-20,24-25,27-28,32-33,37,43,46,52,54,60H,1,14-18,21-23,26,29-31H2,2-11H3,(H,55,61)/b45-40+,53-13-/t33-,37-,43-,46-/m0/s1. The van der Waals surface area contributed by atoms with Crippen LogP contribution in [0.1, 0.15) is 97.9 Å². The summed E-state index contributed by atoms with van der Waals surface area (Å²) in [6.45, 7) is 23.0. The van der Waals surface area contributed by atoms with Gasteiger partial charge in [-0.15, -0.1) is 0 Å². The minimum atomic E-state index is -0.989. The first kappa shape index (κ1) is 50.7. The number of methoxy groups -OCH3 is 1. The highest BCUT2D eigenvalue weighted by Crippen LogP contribution is 2.40. The van der Waals surface area contributed by atoms with Crippen LogP contribution in [0, 0.1) is 17.3 Å². The maximum absolute atomic E-state index is 14.3. The number of carbonyl (C=O) groups is 4. The monoisotopic (exact) mass is 896 g/mol. The number of phenolic OH excluding ortho intramolecular Hbond substituents is 1. The second-order valence-electron chi connectivity index (χ2n) is 18.6. The number of carbonyl (C=O) groups excluding carboxylic acids is 4. The van der Waals surface area contributed by atoms with Crippen LogP contribution in [0.5, 0.6) is 5.75 Å². The summed E-state index contributed by atoms with van der Waals surface area (Å²) in [7, 11) is 3.33. The molecule has 0 spiro atoms. The number of fused-ring (bicyclic) bond motifs is 1. The highest BCUT2D eigenvalue weighted by molar-refractivity contribution is 5.96. The number of phenols is 1. The van der Waals surface area contributed by atoms with Gasteiger partial charge < -0.3 is 34.7 Å². The number of esters is 1. The molecule has 3 aromatic rings. The van der Waals surface area contributed by atoms with Gasteiger partial charge in [-0.2, -0.15) is 0 Å². The molecule has 5 rings (SSSR count). The molecule has 0 unspecified atom stereocenters. The quantitative estimate of drug-likeness (QED) is 0.0574. The molecule has 0 radical (unpaired) electrons. The number of nitrogens with one attached hydrogen (secondary N) is 3. The van der Waals surface area contributed by atoms with E-state index in [0.29, 0.717) is 38.2 Å². The number of amides is 3. The molecule has 2 aromatic carbocycles. The van der Waals surface area contributed by atoms with Gasteiger partial charge in [0.2, 0.25) is 11.8 Å². The molecule has 3 heterocycles. The molecule has 0 saturated carbocycles. The number of rotatable bonds is 19. The van der Waals surface area contributed by atoms with Crippen LogP contribution in [-0.2, 0) is 48.0 Å². The Labute approximate surface area is 385 Å². The topological polar surface area (TPSA) is 167 Å². The number of benzene rings is 2. The zero-order valence-corrected chi connectivity index (χ0v) is 40.4. The van der Waals surface area contributed by atoms with E-state index in [1.165, 1.54) is 6.92 Å². The minimum Gasteiger partial charge on any atom is -0.508 e. The molecule has 14 nitrogen and oxygen atoms in total. The Balaban J connectivity index is 1.60. The summed E-state index contributed by atoms with van der Waals surface area (Å²) < 4.78 is 13.6. The van der Waals surface area contributed by atoms with Crippen LogP contribution in [0.3, 0.4) is 0 Å². The van der Waals surface area contributed by atoms with Crippen LogP contribution in [0.4, 0.5) is 0 Å². The van der Waals surface area contributed by atoms with Crippen molar-refractivity contribution in [3.8, 4) is 16.9 Å². The van der Waals surface area contributed by atoms with E-state index in [1.807, 2.05) is 45.9 Å². The van der Waals surface area contributed by atoms with Crippen LogP contribution in [0.15, 0.2) is 59.7 Å². The van der Waals surface area contributed by atoms with Crippen LogP contribution in [0.2, 0.25) is 0 Å². The zero-order valence-electron chi connectivity index (χ0n) is 40.4. The smallest absolute Gasteiger partial charge is 0.302 e. The van der Waals surface area contributed by atoms with Crippen molar-refractivity contribution in [1.82, 2.24) is 30.5 Å². The number of hydrazine groups is 1. The lowest BCUT2D eigenvalue weighted by Gasteiger charge is -2.36. The average Bonchev–Trinajstić information content (AvgIpc) is 3.58. The minimum absolute atomic E-state index is 0.0137. The van der Waals surface area contributed by atoms with Crippen molar-refractivity contribution in [3.63, 3.8) is 0 Å². The number of ether oxygens (including phenoxy) is 2. The Morgan fingerprint density at radius 1 is 1.08 bits per heavy atom. The van der Waals surface area contributed by atoms with E-state index < -0.39 is 23.4 Å². The Hall–Kier alpha value is -5.31. The van der Waals surface area contributed by atoms with Crippen molar-refractivity contribution in [2.45, 2.75) is 119 Å². The van der Waals surface area contributed by atoms with Gasteiger partial charge in [0.15, 0.2) is 0 Å². The maximum Gasteiger partial charge on any atom is 0.302 e. The number of nitrogens with zero attached hydrogens (tertiary/aromatic N) is 4. The van der Waals surface area contributed by atoms with Gasteiger partial charge in [-0.25, -0.2) is 5.43 Å². The summed E-state index contributed by atoms with van der Waals surface area (Å²) in [5, 5.41) is 20.2. The third-order valence-corrected chi connectivity index (χ3v) is 12.6. The number of piperidine rings is 1. The van der Waals surface area contributed by atoms with E-state index in [2.05, 4.69) is 60.1 Å². The molecule has 4 atom stereocenters. The van der Waals surface area contributed by atoms with Crippen LogP contribution in [-0.4, -0.2) is 115 Å². The summed E-state index contributed by atoms with van der Waals surface area (Å²) in [6.07, 6.45) is 7.28. The number of aromatic nitrogens is 1. The molecule has 4 N–H and O–H groups in total. The lowest BCUT2D eigenvalue weighted by molar-refractivity contribution is -0.146. The molecule has 14 heteroatoms. The molecular formula is C51H73N7O7. The Kier molecular flexibility index (Phi) is 17.7. The maximum atomic E-state index is 14.3. The fourth-order valence-corrected chi connectivity index (χ4v) is 9.34. The van der Waals surface area contributed by atoms with Crippen LogP contribution >= 0.6 is 0 Å². The van der Waals surface area contributed by atoms with Gasteiger partial charge in [-0.3, -0.25) is 29.2 Å². The first-order chi connectivity index (χ1) is 30.9. The Bertz CT molecular complexity index is 2250. The van der Waals surface area contributed by atoms with E-state index in [0.717, 1.165) is 76.8 Å². The molecule has 65 heavy (non-hydrogen) atoms. The Morgan fingerprint density at radius 3 is 2.43 bits per heavy atom. The SMILES string of the molecule is C=C/C(=C(\N=C/C)[C@H](C)OC)c1c(CC(C)(C)COC(C)=O)c2cc(-c3cc(O)cc(C[C@H](NC(=O)[C@H](C(C)C)N(C)C(=O)[C@H]4CCCNC4)C(=O)N4CCCCN4)c3)ccc2n1CC. The lowest BCUT2D eigenvalue weighted by atomic mass is 9.84. The van der Waals surface area contributed by atoms with Gasteiger partial charge in [0, 0.05) is 81.8 Å². The van der Waals surface area contributed by atoms with Gasteiger partial charge in [-0.1, -0.05) is 52.5 Å². The number of aliphatic imine (C=N–C) groups is 1. The van der Waals surface area contributed by atoms with Crippen LogP contribution in [0.25, 0.3) is 27.6 Å². The molecule has 0 bridgehead atoms. The molecule has 354 valence electrons. The fraction of sp³-hybridized carbons (Fsp3) is 0.549. The van der Waals surface area contributed by atoms with E-state index in [9.17, 15) is 24.3 Å². The van der Waals surface area contributed by atoms with Crippen molar-refractivity contribution in [3.05, 3.63) is 71.6 Å². The van der Waals surface area contributed by atoms with Crippen molar-refractivity contribution in [1.29, 1.82) is 0 Å². The van der Waals surface area contributed by atoms with Gasteiger partial charge in [0.1, 0.15) is 17.8 Å². The molecule has 0 aliphatic carbocycles. The van der Waals surface area contributed by atoms with Crippen molar-refractivity contribution < 1.29 is 33.8 Å². The van der Waals surface area contributed by atoms with Gasteiger partial charge in [-0.05, 0) is 112 Å². The van der Waals surface area contributed by atoms with Crippen LogP contribution < -0.4 is 16.1 Å². The summed E-state index contributed by atoms with van der Waals surface area (Å²) in [6, 6.07) is 9.72. The molecule has 2 saturated heterocycles. The van der Waals surface area contributed by atoms with Gasteiger partial charge >= 0.3 is 5.97 Å². The molecule has 2 aliphatic heterocycles. The first-order valence-electron chi connectivity index (χ1n) is 23.3. The van der Waals surface area contributed by atoms with E-state index in [4.69, 9.17) is 14.5 Å². The fourth-order valence-electron chi connectivity index (χ4n) is 9.34. The van der Waals surface area contributed by atoms with Gasteiger partial charge in [0.05, 0.1) is 30.0 Å². The lowest BCUT2D eigenvalue weighted by Crippen LogP contribution is -2.60. The molecule has 2 aliphatic rings. The van der Waals surface area contributed by atoms with E-state index in [-0.39, 0.29) is 54.5 Å². The molecule has 1 aromatic heterocycles. The van der Waals surface area contributed by atoms with Crippen molar-refractivity contribution in [2.75, 3.05) is 46.9 Å². The number of aryl methyl sites for hydroxylation is 1. The second-order valence-corrected chi connectivity index (χ2v) is 18.6. The Morgan fingerprint density at radius 2 is 1.83 bits per heavy atom. The number of hydrogen-bond acceptors (Lipinski definition) is 10. The largest absolute Gasteiger partial charge is 0.508 e. The van der Waals surface area contributed by atoms with Crippen molar-refractivity contribution in [2.24, 2.45) is 22.2 Å².